The average Bonchev–Trinajstić information content (AvgIpc) is 3.09. The maximum absolute atomic E-state index is 11.6. The van der Waals surface area contributed by atoms with Crippen molar-refractivity contribution in [2.45, 2.75) is 26.7 Å². The molecule has 7 heteroatoms. The molecule has 182 valence electrons. The number of carboxylic acids is 1. The Bertz CT molecular complexity index is 1230. The molecule has 1 aliphatic heterocycles. The van der Waals surface area contributed by atoms with Gasteiger partial charge >= 0.3 is 5.97 Å². The van der Waals surface area contributed by atoms with Gasteiger partial charge in [0, 0.05) is 18.8 Å². The van der Waals surface area contributed by atoms with Crippen molar-refractivity contribution in [1.29, 1.82) is 0 Å². The summed E-state index contributed by atoms with van der Waals surface area (Å²) < 4.78 is 6.08. The molecule has 1 unspecified atom stereocenters. The number of hydrogen-bond donors (Lipinski definition) is 1. The molecule has 2 heterocycles. The third kappa shape index (κ3) is 6.22. The molecule has 1 aromatic heterocycles. The molecule has 4 rings (SSSR count). The Labute approximate surface area is 210 Å². The van der Waals surface area contributed by atoms with E-state index in [0.29, 0.717) is 41.7 Å². The minimum Gasteiger partial charge on any atom is -0.478 e. The van der Waals surface area contributed by atoms with Crippen LogP contribution in [0.25, 0.3) is 10.9 Å². The number of allylic oxidation sites excluding steroid dienone is 7. The van der Waals surface area contributed by atoms with E-state index in [0.717, 1.165) is 25.3 Å². The minimum absolute atomic E-state index is 0.190. The van der Waals surface area contributed by atoms with Gasteiger partial charge in [-0.25, -0.2) is 9.78 Å². The first-order valence-electron chi connectivity index (χ1n) is 12.0. The number of carbonyl (C=O) groups is 1. The zero-order valence-corrected chi connectivity index (χ0v) is 21.0. The van der Waals surface area contributed by atoms with Gasteiger partial charge in [-0.15, -0.1) is 11.8 Å². The van der Waals surface area contributed by atoms with E-state index in [1.165, 1.54) is 10.5 Å². The van der Waals surface area contributed by atoms with E-state index in [2.05, 4.69) is 24.0 Å². The highest BCUT2D eigenvalue weighted by Crippen LogP contribution is 2.37. The van der Waals surface area contributed by atoms with Crippen LogP contribution >= 0.6 is 11.8 Å². The molecule has 35 heavy (non-hydrogen) atoms. The SMILES string of the molecule is CC=CC=CC=CCCOc1nc(N2CCSC3=C(C=CCC3C)C2)nc2ccc(C(=O)O)cc12. The maximum Gasteiger partial charge on any atom is 0.335 e. The molecule has 0 amide bonds. The molecule has 0 saturated carbocycles. The van der Waals surface area contributed by atoms with E-state index in [1.54, 1.807) is 18.2 Å². The summed E-state index contributed by atoms with van der Waals surface area (Å²) in [5.41, 5.74) is 2.20. The molecule has 1 aliphatic carbocycles. The quantitative estimate of drug-likeness (QED) is 0.350. The molecular formula is C28H31N3O3S. The largest absolute Gasteiger partial charge is 0.478 e. The Balaban J connectivity index is 1.60. The molecule has 1 atom stereocenters. The number of aromatic carboxylic acids is 1. The van der Waals surface area contributed by atoms with E-state index in [4.69, 9.17) is 14.7 Å². The Morgan fingerprint density at radius 1 is 1.26 bits per heavy atom. The Hall–Kier alpha value is -3.32. The van der Waals surface area contributed by atoms with Crippen molar-refractivity contribution in [3.63, 3.8) is 0 Å². The lowest BCUT2D eigenvalue weighted by Gasteiger charge is -2.24. The van der Waals surface area contributed by atoms with Crippen LogP contribution in [-0.4, -0.2) is 46.5 Å². The summed E-state index contributed by atoms with van der Waals surface area (Å²) in [6.45, 7) is 6.28. The van der Waals surface area contributed by atoms with Crippen molar-refractivity contribution in [1.82, 2.24) is 9.97 Å². The van der Waals surface area contributed by atoms with E-state index in [-0.39, 0.29) is 5.56 Å². The van der Waals surface area contributed by atoms with Gasteiger partial charge in [-0.1, -0.05) is 55.5 Å². The number of benzene rings is 1. The third-order valence-corrected chi connectivity index (χ3v) is 7.28. The molecule has 0 saturated heterocycles. The zero-order valence-electron chi connectivity index (χ0n) is 20.2. The number of hydrogen-bond acceptors (Lipinski definition) is 6. The van der Waals surface area contributed by atoms with Crippen molar-refractivity contribution in [2.75, 3.05) is 30.3 Å². The summed E-state index contributed by atoms with van der Waals surface area (Å²) in [5.74, 6) is 1.57. The van der Waals surface area contributed by atoms with Crippen LogP contribution in [0.2, 0.25) is 0 Å². The van der Waals surface area contributed by atoms with Gasteiger partial charge < -0.3 is 14.7 Å². The zero-order chi connectivity index (χ0) is 24.6. The summed E-state index contributed by atoms with van der Waals surface area (Å²) in [4.78, 5) is 24.8. The van der Waals surface area contributed by atoms with Gasteiger partial charge in [-0.2, -0.15) is 4.98 Å². The molecule has 1 N–H and O–H groups in total. The normalized spacial score (nSPS) is 18.7. The Kier molecular flexibility index (Phi) is 8.42. The molecule has 0 fully saturated rings. The predicted octanol–water partition coefficient (Wildman–Crippen LogP) is 6.19. The standard InChI is InChI=1S/C28H31N3O3S/c1-3-4-5-6-7-8-9-16-34-26-23-18-21(27(32)33)13-14-24(23)29-28(30-26)31-15-17-35-25-20(2)11-10-12-22(25)19-31/h3-8,10,12-14,18,20H,9,11,15-17,19H2,1-2H3,(H,32,33). The van der Waals surface area contributed by atoms with Crippen LogP contribution in [0.1, 0.15) is 37.0 Å². The number of anilines is 1. The highest BCUT2D eigenvalue weighted by Gasteiger charge is 2.24. The fraction of sp³-hybridized carbons (Fsp3) is 0.321. The second-order valence-electron chi connectivity index (χ2n) is 8.54. The van der Waals surface area contributed by atoms with Gasteiger partial charge in [0.15, 0.2) is 0 Å². The van der Waals surface area contributed by atoms with E-state index >= 15 is 0 Å². The summed E-state index contributed by atoms with van der Waals surface area (Å²) in [7, 11) is 0. The number of ether oxygens (including phenoxy) is 1. The summed E-state index contributed by atoms with van der Waals surface area (Å²) in [6.07, 6.45) is 18.2. The summed E-state index contributed by atoms with van der Waals surface area (Å²) in [6, 6.07) is 4.91. The van der Waals surface area contributed by atoms with Crippen LogP contribution in [0, 0.1) is 5.92 Å². The monoisotopic (exact) mass is 489 g/mol. The molecule has 0 spiro atoms. The van der Waals surface area contributed by atoms with E-state index < -0.39 is 5.97 Å². The van der Waals surface area contributed by atoms with Gasteiger partial charge in [0.25, 0.3) is 0 Å². The van der Waals surface area contributed by atoms with Crippen molar-refractivity contribution in [3.8, 4) is 5.88 Å². The highest BCUT2D eigenvalue weighted by molar-refractivity contribution is 8.03. The summed E-state index contributed by atoms with van der Waals surface area (Å²) >= 11 is 1.93. The first kappa shape index (κ1) is 24.8. The third-order valence-electron chi connectivity index (χ3n) is 5.92. The van der Waals surface area contributed by atoms with Gasteiger partial charge in [0.05, 0.1) is 23.1 Å². The number of fused-ring (bicyclic) bond motifs is 1. The molecule has 2 aromatic rings. The lowest BCUT2D eigenvalue weighted by Crippen LogP contribution is -2.29. The molecule has 1 aromatic carbocycles. The van der Waals surface area contributed by atoms with Crippen molar-refractivity contribution >= 4 is 34.6 Å². The summed E-state index contributed by atoms with van der Waals surface area (Å²) in [5, 5.41) is 10.1. The Morgan fingerprint density at radius 3 is 2.94 bits per heavy atom. The first-order chi connectivity index (χ1) is 17.1. The lowest BCUT2D eigenvalue weighted by molar-refractivity contribution is 0.0697. The van der Waals surface area contributed by atoms with Gasteiger partial charge in [0.1, 0.15) is 0 Å². The molecular weight excluding hydrogens is 458 g/mol. The first-order valence-corrected chi connectivity index (χ1v) is 12.9. The fourth-order valence-electron chi connectivity index (χ4n) is 4.12. The smallest absolute Gasteiger partial charge is 0.335 e. The maximum atomic E-state index is 11.6. The number of nitrogens with zero attached hydrogens (tertiary/aromatic N) is 3. The average molecular weight is 490 g/mol. The van der Waals surface area contributed by atoms with Gasteiger partial charge in [-0.3, -0.25) is 0 Å². The van der Waals surface area contributed by atoms with Crippen LogP contribution in [0.3, 0.4) is 0 Å². The number of aromatic nitrogens is 2. The number of rotatable bonds is 8. The Morgan fingerprint density at radius 2 is 2.11 bits per heavy atom. The van der Waals surface area contributed by atoms with E-state index in [9.17, 15) is 9.90 Å². The minimum atomic E-state index is -0.986. The van der Waals surface area contributed by atoms with Gasteiger partial charge in [0.2, 0.25) is 11.8 Å². The number of thioether (sulfide) groups is 1. The van der Waals surface area contributed by atoms with Gasteiger partial charge in [-0.05, 0) is 54.4 Å². The molecule has 0 radical (unpaired) electrons. The topological polar surface area (TPSA) is 75.5 Å². The van der Waals surface area contributed by atoms with Crippen LogP contribution in [-0.2, 0) is 0 Å². The van der Waals surface area contributed by atoms with Crippen molar-refractivity contribution in [2.24, 2.45) is 5.92 Å². The number of carboxylic acid groups (broad SMARTS) is 1. The second-order valence-corrected chi connectivity index (χ2v) is 9.68. The molecule has 2 aliphatic rings. The van der Waals surface area contributed by atoms with Crippen molar-refractivity contribution in [3.05, 3.63) is 82.8 Å². The molecule has 6 nitrogen and oxygen atoms in total. The highest BCUT2D eigenvalue weighted by atomic mass is 32.2. The van der Waals surface area contributed by atoms with E-state index in [1.807, 2.05) is 55.1 Å². The van der Waals surface area contributed by atoms with Crippen molar-refractivity contribution < 1.29 is 14.6 Å². The van der Waals surface area contributed by atoms with Crippen LogP contribution in [0.5, 0.6) is 5.88 Å². The second kappa shape index (κ2) is 11.9. The predicted molar refractivity (Wildman–Crippen MR) is 144 cm³/mol. The lowest BCUT2D eigenvalue weighted by atomic mass is 9.97. The van der Waals surface area contributed by atoms with Crippen LogP contribution in [0.15, 0.2) is 77.3 Å². The fourth-order valence-corrected chi connectivity index (χ4v) is 5.35. The molecule has 0 bridgehead atoms. The van der Waals surface area contributed by atoms with Crippen LogP contribution in [0.4, 0.5) is 5.95 Å². The van der Waals surface area contributed by atoms with Crippen LogP contribution < -0.4 is 9.64 Å².